The molecule has 0 aliphatic heterocycles. The molecule has 3 nitrogen and oxygen atoms in total. The van der Waals surface area contributed by atoms with E-state index in [1.807, 2.05) is 13.8 Å². The molecule has 0 bridgehead atoms. The predicted molar refractivity (Wildman–Crippen MR) is 90.1 cm³/mol. The fourth-order valence-corrected chi connectivity index (χ4v) is 2.48. The van der Waals surface area contributed by atoms with Crippen molar-refractivity contribution in [3.05, 3.63) is 0 Å². The summed E-state index contributed by atoms with van der Waals surface area (Å²) in [4.78, 5) is 16.8. The average molecular weight is 299 g/mol. The van der Waals surface area contributed by atoms with E-state index >= 15 is 0 Å². The third-order valence-electron chi connectivity index (χ3n) is 3.92. The van der Waals surface area contributed by atoms with Crippen LogP contribution in [0.3, 0.4) is 0 Å². The van der Waals surface area contributed by atoms with Gasteiger partial charge in [0.05, 0.1) is 0 Å². The third-order valence-corrected chi connectivity index (χ3v) is 3.92. The van der Waals surface area contributed by atoms with Crippen molar-refractivity contribution in [2.24, 2.45) is 0 Å². The molecule has 0 aliphatic carbocycles. The first-order valence-electron chi connectivity index (χ1n) is 9.20. The van der Waals surface area contributed by atoms with Gasteiger partial charge in [0, 0.05) is 19.5 Å². The lowest BCUT2D eigenvalue weighted by Gasteiger charge is -2.16. The molecule has 21 heavy (non-hydrogen) atoms. The van der Waals surface area contributed by atoms with Crippen LogP contribution >= 0.6 is 0 Å². The minimum atomic E-state index is -0.0744. The highest BCUT2D eigenvalue weighted by atomic mass is 16.7. The smallest absolute Gasteiger partial charge is 0.325 e. The molecule has 0 rings (SSSR count). The Kier molecular flexibility index (Phi) is 15.4. The van der Waals surface area contributed by atoms with Gasteiger partial charge in [-0.3, -0.25) is 4.79 Å². The van der Waals surface area contributed by atoms with Crippen molar-refractivity contribution in [1.29, 1.82) is 0 Å². The van der Waals surface area contributed by atoms with Crippen molar-refractivity contribution in [1.82, 2.24) is 5.06 Å². The molecule has 0 fully saturated rings. The first kappa shape index (κ1) is 20.4. The zero-order valence-corrected chi connectivity index (χ0v) is 14.7. The molecular weight excluding hydrogens is 262 g/mol. The van der Waals surface area contributed by atoms with Crippen molar-refractivity contribution in [2.45, 2.75) is 97.8 Å². The zero-order chi connectivity index (χ0) is 15.8. The van der Waals surface area contributed by atoms with Crippen LogP contribution in [0.15, 0.2) is 0 Å². The summed E-state index contributed by atoms with van der Waals surface area (Å²) in [5, 5.41) is 1.71. The molecule has 0 saturated heterocycles. The van der Waals surface area contributed by atoms with Gasteiger partial charge in [-0.2, -0.15) is 0 Å². The fraction of sp³-hybridized carbons (Fsp3) is 0.944. The maximum atomic E-state index is 11.6. The topological polar surface area (TPSA) is 29.5 Å². The number of unbranched alkanes of at least 4 members (excludes halogenated alkanes) is 10. The minimum absolute atomic E-state index is 0.0744. The van der Waals surface area contributed by atoms with Crippen LogP contribution in [0.5, 0.6) is 0 Å². The molecule has 0 aromatic carbocycles. The van der Waals surface area contributed by atoms with Crippen LogP contribution < -0.4 is 0 Å². The summed E-state index contributed by atoms with van der Waals surface area (Å²) < 4.78 is 0. The van der Waals surface area contributed by atoms with Crippen LogP contribution in [0.2, 0.25) is 0 Å². The lowest BCUT2D eigenvalue weighted by molar-refractivity contribution is -0.188. The van der Waals surface area contributed by atoms with E-state index in [4.69, 9.17) is 4.84 Å². The molecule has 0 unspecified atom stereocenters. The van der Waals surface area contributed by atoms with Crippen molar-refractivity contribution >= 4 is 5.97 Å². The first-order chi connectivity index (χ1) is 10.2. The normalized spacial score (nSPS) is 11.0. The maximum Gasteiger partial charge on any atom is 0.325 e. The van der Waals surface area contributed by atoms with Crippen LogP contribution in [0, 0.1) is 0 Å². The van der Waals surface area contributed by atoms with E-state index < -0.39 is 0 Å². The first-order valence-corrected chi connectivity index (χ1v) is 9.20. The van der Waals surface area contributed by atoms with Crippen LogP contribution in [-0.2, 0) is 9.63 Å². The number of nitrogens with zero attached hydrogens (tertiary/aromatic N) is 1. The molecule has 0 aliphatic rings. The van der Waals surface area contributed by atoms with Gasteiger partial charge in [0.15, 0.2) is 0 Å². The predicted octanol–water partition coefficient (Wildman–Crippen LogP) is 5.49. The molecule has 0 aromatic heterocycles. The molecule has 0 aromatic rings. The molecule has 0 spiro atoms. The van der Waals surface area contributed by atoms with Crippen molar-refractivity contribution in [3.8, 4) is 0 Å². The Morgan fingerprint density at radius 2 is 1.14 bits per heavy atom. The molecule has 0 radical (unpaired) electrons. The summed E-state index contributed by atoms with van der Waals surface area (Å²) >= 11 is 0. The van der Waals surface area contributed by atoms with Gasteiger partial charge in [0.1, 0.15) is 0 Å². The van der Waals surface area contributed by atoms with Crippen LogP contribution in [0.4, 0.5) is 0 Å². The number of hydrogen-bond acceptors (Lipinski definition) is 3. The molecule has 126 valence electrons. The van der Waals surface area contributed by atoms with E-state index in [9.17, 15) is 4.79 Å². The Morgan fingerprint density at radius 1 is 0.714 bits per heavy atom. The Morgan fingerprint density at radius 3 is 1.57 bits per heavy atom. The van der Waals surface area contributed by atoms with E-state index in [2.05, 4.69) is 6.92 Å². The highest BCUT2D eigenvalue weighted by molar-refractivity contribution is 5.68. The second kappa shape index (κ2) is 15.8. The number of hydrogen-bond donors (Lipinski definition) is 0. The summed E-state index contributed by atoms with van der Waals surface area (Å²) in [5.74, 6) is -0.0744. The van der Waals surface area contributed by atoms with Gasteiger partial charge < -0.3 is 4.84 Å². The van der Waals surface area contributed by atoms with E-state index in [-0.39, 0.29) is 5.97 Å². The highest BCUT2D eigenvalue weighted by Gasteiger charge is 2.07. The van der Waals surface area contributed by atoms with E-state index in [1.165, 1.54) is 57.8 Å². The van der Waals surface area contributed by atoms with Crippen LogP contribution in [0.1, 0.15) is 97.8 Å². The molecule has 0 saturated carbocycles. The quantitative estimate of drug-likeness (QED) is 0.296. The Labute approximate surface area is 132 Å². The molecule has 0 atom stereocenters. The Bertz CT molecular complexity index is 227. The highest BCUT2D eigenvalue weighted by Crippen LogP contribution is 2.12. The number of carbonyl (C=O) groups excluding carboxylic acids is 1. The standard InChI is InChI=1S/C18H37NO2/c1-4-7-8-9-10-11-12-13-14-15-16-17-18(20)21-19(5-2)6-3/h4-17H2,1-3H3. The maximum absolute atomic E-state index is 11.6. The van der Waals surface area contributed by atoms with E-state index in [0.717, 1.165) is 25.9 Å². The minimum Gasteiger partial charge on any atom is -0.368 e. The van der Waals surface area contributed by atoms with E-state index in [0.29, 0.717) is 6.42 Å². The van der Waals surface area contributed by atoms with Gasteiger partial charge in [0.2, 0.25) is 0 Å². The molecule has 0 amide bonds. The van der Waals surface area contributed by atoms with Gasteiger partial charge >= 0.3 is 5.97 Å². The van der Waals surface area contributed by atoms with Crippen LogP contribution in [0.25, 0.3) is 0 Å². The van der Waals surface area contributed by atoms with Gasteiger partial charge in [-0.1, -0.05) is 71.1 Å². The van der Waals surface area contributed by atoms with Gasteiger partial charge in [0.25, 0.3) is 0 Å². The summed E-state index contributed by atoms with van der Waals surface area (Å²) in [7, 11) is 0. The monoisotopic (exact) mass is 299 g/mol. The Hall–Kier alpha value is -0.570. The molecule has 3 heteroatoms. The molecule has 0 N–H and O–H groups in total. The number of rotatable bonds is 15. The average Bonchev–Trinajstić information content (AvgIpc) is 2.50. The van der Waals surface area contributed by atoms with E-state index in [1.54, 1.807) is 5.06 Å². The second-order valence-corrected chi connectivity index (χ2v) is 5.86. The SMILES string of the molecule is CCCCCCCCCCCCCC(=O)ON(CC)CC. The molecular formula is C18H37NO2. The van der Waals surface area contributed by atoms with Gasteiger partial charge in [-0.05, 0) is 20.3 Å². The van der Waals surface area contributed by atoms with Gasteiger partial charge in [-0.25, -0.2) is 0 Å². The lowest BCUT2D eigenvalue weighted by atomic mass is 10.1. The molecule has 0 heterocycles. The van der Waals surface area contributed by atoms with Crippen LogP contribution in [-0.4, -0.2) is 24.1 Å². The lowest BCUT2D eigenvalue weighted by Crippen LogP contribution is -2.26. The summed E-state index contributed by atoms with van der Waals surface area (Å²) in [6.07, 6.45) is 14.9. The van der Waals surface area contributed by atoms with Crippen molar-refractivity contribution < 1.29 is 9.63 Å². The number of hydroxylamine groups is 2. The number of carbonyl (C=O) groups is 1. The third kappa shape index (κ3) is 14.1. The zero-order valence-electron chi connectivity index (χ0n) is 14.7. The summed E-state index contributed by atoms with van der Waals surface area (Å²) in [5.41, 5.74) is 0. The summed E-state index contributed by atoms with van der Waals surface area (Å²) in [6, 6.07) is 0. The summed E-state index contributed by atoms with van der Waals surface area (Å²) in [6.45, 7) is 7.79. The Balaban J connectivity index is 3.23. The second-order valence-electron chi connectivity index (χ2n) is 5.86. The van der Waals surface area contributed by atoms with Crippen molar-refractivity contribution in [3.63, 3.8) is 0 Å². The fourth-order valence-electron chi connectivity index (χ4n) is 2.48. The van der Waals surface area contributed by atoms with Crippen molar-refractivity contribution in [2.75, 3.05) is 13.1 Å². The largest absolute Gasteiger partial charge is 0.368 e. The van der Waals surface area contributed by atoms with Gasteiger partial charge in [-0.15, -0.1) is 5.06 Å².